The van der Waals surface area contributed by atoms with E-state index in [1.807, 2.05) is 0 Å². The number of hydrogen-bond acceptors (Lipinski definition) is 6. The number of allylic oxidation sites excluding steroid dienone is 2. The molecule has 4 aromatic rings. The Labute approximate surface area is 192 Å². The van der Waals surface area contributed by atoms with Crippen molar-refractivity contribution >= 4 is 28.0 Å². The highest BCUT2D eigenvalue weighted by atomic mass is 16.6. The van der Waals surface area contributed by atoms with Gasteiger partial charge in [0.15, 0.2) is 23.0 Å². The lowest BCUT2D eigenvalue weighted by Crippen LogP contribution is -2.32. The smallest absolute Gasteiger partial charge is 0.273 e. The van der Waals surface area contributed by atoms with Gasteiger partial charge in [0.25, 0.3) is 5.69 Å². The van der Waals surface area contributed by atoms with Crippen LogP contribution in [0.2, 0.25) is 0 Å². The van der Waals surface area contributed by atoms with Crippen molar-refractivity contribution in [1.82, 2.24) is 0 Å². The van der Waals surface area contributed by atoms with E-state index in [-0.39, 0.29) is 45.2 Å². The van der Waals surface area contributed by atoms with Gasteiger partial charge in [-0.2, -0.15) is 0 Å². The summed E-state index contributed by atoms with van der Waals surface area (Å²) in [7, 11) is 0. The molecule has 0 fully saturated rings. The zero-order valence-electron chi connectivity index (χ0n) is 17.5. The first kappa shape index (κ1) is 19.9. The molecule has 7 nitrogen and oxygen atoms in total. The highest BCUT2D eigenvalue weighted by Crippen LogP contribution is 2.53. The number of ketones is 2. The number of rotatable bonds is 2. The summed E-state index contributed by atoms with van der Waals surface area (Å²) in [4.78, 5) is 38.6. The van der Waals surface area contributed by atoms with Crippen LogP contribution in [0.3, 0.4) is 0 Å². The molecule has 1 aliphatic carbocycles. The highest BCUT2D eigenvalue weighted by Gasteiger charge is 2.45. The van der Waals surface area contributed by atoms with Gasteiger partial charge in [0.1, 0.15) is 0 Å². The van der Waals surface area contributed by atoms with E-state index < -0.39 is 22.4 Å². The van der Waals surface area contributed by atoms with Crippen molar-refractivity contribution in [3.8, 4) is 11.5 Å². The predicted molar refractivity (Wildman–Crippen MR) is 123 cm³/mol. The van der Waals surface area contributed by atoms with Crippen molar-refractivity contribution in [3.63, 3.8) is 0 Å². The first-order valence-corrected chi connectivity index (χ1v) is 10.6. The van der Waals surface area contributed by atoms with Crippen molar-refractivity contribution in [2.24, 2.45) is 0 Å². The molecule has 34 heavy (non-hydrogen) atoms. The van der Waals surface area contributed by atoms with E-state index in [2.05, 4.69) is 0 Å². The molecular weight excluding hydrogens is 434 g/mol. The molecule has 4 aromatic carbocycles. The van der Waals surface area contributed by atoms with Gasteiger partial charge in [0, 0.05) is 28.3 Å². The maximum atomic E-state index is 13.8. The Balaban J connectivity index is 1.75. The van der Waals surface area contributed by atoms with Gasteiger partial charge in [0.2, 0.25) is 5.78 Å². The molecule has 0 spiro atoms. The number of ether oxygens (including phenoxy) is 1. The lowest BCUT2D eigenvalue weighted by atomic mass is 9.73. The highest BCUT2D eigenvalue weighted by molar-refractivity contribution is 6.27. The Morgan fingerprint density at radius 2 is 1.50 bits per heavy atom. The van der Waals surface area contributed by atoms with Gasteiger partial charge in [-0.1, -0.05) is 66.7 Å². The molecule has 2 aliphatic rings. The lowest BCUT2D eigenvalue weighted by molar-refractivity contribution is -0.385. The standard InChI is InChI=1S/C27H15NO6/c29-20-13-14-7-1-2-8-15(14)22-21(18-11-5-6-12-19(18)28(32)33)23-24(30)16-9-3-4-10-17(16)25(31)27(23)34-26(20)22/h1-13,21,29H. The number of fused-ring (bicyclic) bond motifs is 4. The summed E-state index contributed by atoms with van der Waals surface area (Å²) in [6.45, 7) is 0. The monoisotopic (exact) mass is 449 g/mol. The zero-order valence-corrected chi connectivity index (χ0v) is 17.5. The van der Waals surface area contributed by atoms with E-state index in [1.165, 1.54) is 12.1 Å². The molecule has 6 rings (SSSR count). The van der Waals surface area contributed by atoms with Crippen LogP contribution in [0.5, 0.6) is 11.5 Å². The van der Waals surface area contributed by atoms with Crippen LogP contribution >= 0.6 is 0 Å². The van der Waals surface area contributed by atoms with E-state index in [1.54, 1.807) is 66.7 Å². The molecule has 1 N–H and O–H groups in total. The summed E-state index contributed by atoms with van der Waals surface area (Å²) < 4.78 is 5.96. The number of phenols is 1. The number of nitro benzene ring substituents is 1. The molecule has 0 amide bonds. The third-order valence-electron chi connectivity index (χ3n) is 6.36. The van der Waals surface area contributed by atoms with E-state index >= 15 is 0 Å². The number of phenolic OH excluding ortho intramolecular Hbond substituents is 1. The molecule has 7 heteroatoms. The second-order valence-electron chi connectivity index (χ2n) is 8.16. The fourth-order valence-electron chi connectivity index (χ4n) is 4.93. The molecule has 164 valence electrons. The Hall–Kier alpha value is -4.78. The zero-order chi connectivity index (χ0) is 23.6. The number of nitrogens with zero attached hydrogens (tertiary/aromatic N) is 1. The summed E-state index contributed by atoms with van der Waals surface area (Å²) >= 11 is 0. The minimum atomic E-state index is -0.998. The first-order valence-electron chi connectivity index (χ1n) is 10.6. The molecule has 1 atom stereocenters. The average Bonchev–Trinajstić information content (AvgIpc) is 2.86. The van der Waals surface area contributed by atoms with Crippen LogP contribution in [-0.4, -0.2) is 21.6 Å². The fraction of sp³-hybridized carbons (Fsp3) is 0.0370. The maximum absolute atomic E-state index is 13.8. The van der Waals surface area contributed by atoms with Crippen molar-refractivity contribution < 1.29 is 24.4 Å². The van der Waals surface area contributed by atoms with Crippen LogP contribution in [0.4, 0.5) is 5.69 Å². The van der Waals surface area contributed by atoms with Gasteiger partial charge in [0.05, 0.1) is 16.4 Å². The summed E-state index contributed by atoms with van der Waals surface area (Å²) in [6, 6.07) is 21.2. The molecular formula is C27H15NO6. The topological polar surface area (TPSA) is 107 Å². The Kier molecular flexibility index (Phi) is 4.16. The molecule has 0 saturated carbocycles. The van der Waals surface area contributed by atoms with Gasteiger partial charge in [-0.15, -0.1) is 0 Å². The fourth-order valence-corrected chi connectivity index (χ4v) is 4.93. The molecule has 0 saturated heterocycles. The molecule has 1 aliphatic heterocycles. The third kappa shape index (κ3) is 2.64. The summed E-state index contributed by atoms with van der Waals surface area (Å²) in [5, 5.41) is 24.2. The summed E-state index contributed by atoms with van der Waals surface area (Å²) in [5.74, 6) is -2.37. The van der Waals surface area contributed by atoms with Crippen LogP contribution in [0, 0.1) is 10.1 Å². The second kappa shape index (κ2) is 7.11. The van der Waals surface area contributed by atoms with E-state index in [4.69, 9.17) is 4.74 Å². The lowest BCUT2D eigenvalue weighted by Gasteiger charge is -2.33. The maximum Gasteiger partial charge on any atom is 0.273 e. The second-order valence-corrected chi connectivity index (χ2v) is 8.16. The van der Waals surface area contributed by atoms with Crippen molar-refractivity contribution in [1.29, 1.82) is 0 Å². The molecule has 0 radical (unpaired) electrons. The van der Waals surface area contributed by atoms with Crippen LogP contribution in [0.15, 0.2) is 90.2 Å². The number of aromatic hydroxyl groups is 1. The van der Waals surface area contributed by atoms with Gasteiger partial charge in [-0.05, 0) is 16.8 Å². The molecule has 1 heterocycles. The molecule has 1 unspecified atom stereocenters. The number of para-hydroxylation sites is 1. The Morgan fingerprint density at radius 3 is 2.26 bits per heavy atom. The van der Waals surface area contributed by atoms with Crippen LogP contribution in [0.1, 0.15) is 37.8 Å². The number of carbonyl (C=O) groups is 2. The number of benzene rings is 4. The summed E-state index contributed by atoms with van der Waals surface area (Å²) in [6.07, 6.45) is 0. The van der Waals surface area contributed by atoms with E-state index in [0.29, 0.717) is 16.3 Å². The Morgan fingerprint density at radius 1 is 0.853 bits per heavy atom. The predicted octanol–water partition coefficient (Wildman–Crippen LogP) is 5.31. The minimum absolute atomic E-state index is 0.0149. The average molecular weight is 449 g/mol. The number of nitro groups is 1. The van der Waals surface area contributed by atoms with E-state index in [0.717, 1.165) is 0 Å². The summed E-state index contributed by atoms with van der Waals surface area (Å²) in [5.41, 5.74) is 0.882. The number of hydrogen-bond donors (Lipinski definition) is 1. The quantitative estimate of drug-likeness (QED) is 0.328. The Bertz CT molecular complexity index is 1620. The van der Waals surface area contributed by atoms with Crippen molar-refractivity contribution in [2.45, 2.75) is 5.92 Å². The van der Waals surface area contributed by atoms with Crippen LogP contribution in [-0.2, 0) is 0 Å². The van der Waals surface area contributed by atoms with Crippen LogP contribution < -0.4 is 4.74 Å². The largest absolute Gasteiger partial charge is 0.504 e. The van der Waals surface area contributed by atoms with E-state index in [9.17, 15) is 24.8 Å². The van der Waals surface area contributed by atoms with Crippen molar-refractivity contribution in [3.05, 3.63) is 123 Å². The molecule has 0 bridgehead atoms. The number of Topliss-reactive ketones (excluding diaryl/α,β-unsaturated/α-hetero) is 2. The van der Waals surface area contributed by atoms with Gasteiger partial charge in [-0.25, -0.2) is 0 Å². The van der Waals surface area contributed by atoms with Gasteiger partial charge in [-0.3, -0.25) is 19.7 Å². The number of carbonyl (C=O) groups excluding carboxylic acids is 2. The SMILES string of the molecule is O=C1C2=C(C(=O)c3ccccc31)C(c1ccccc1[N+](=O)[O-])c1c(c(O)cc3ccccc13)O2. The van der Waals surface area contributed by atoms with Crippen molar-refractivity contribution in [2.75, 3.05) is 0 Å². The minimum Gasteiger partial charge on any atom is -0.504 e. The van der Waals surface area contributed by atoms with Gasteiger partial charge >= 0.3 is 0 Å². The van der Waals surface area contributed by atoms with Gasteiger partial charge < -0.3 is 9.84 Å². The first-order chi connectivity index (χ1) is 16.5. The third-order valence-corrected chi connectivity index (χ3v) is 6.36. The molecule has 0 aromatic heterocycles. The van der Waals surface area contributed by atoms with Crippen LogP contribution in [0.25, 0.3) is 10.8 Å². The normalized spacial score (nSPS) is 16.5.